The molecule has 0 amide bonds. The summed E-state index contributed by atoms with van der Waals surface area (Å²) < 4.78 is 15.9. The third-order valence-corrected chi connectivity index (χ3v) is 3.38. The normalized spacial score (nSPS) is 13.7. The van der Waals surface area contributed by atoms with Gasteiger partial charge in [-0.05, 0) is 24.1 Å². The van der Waals surface area contributed by atoms with Crippen molar-refractivity contribution in [2.45, 2.75) is 32.1 Å². The van der Waals surface area contributed by atoms with Crippen molar-refractivity contribution in [3.63, 3.8) is 0 Å². The maximum absolute atomic E-state index is 9.84. The Labute approximate surface area is 132 Å². The highest BCUT2D eigenvalue weighted by Crippen LogP contribution is 2.27. The first-order valence-electron chi connectivity index (χ1n) is 7.45. The zero-order valence-electron chi connectivity index (χ0n) is 13.5. The second-order valence-corrected chi connectivity index (χ2v) is 5.05. The van der Waals surface area contributed by atoms with Gasteiger partial charge in [0.2, 0.25) is 0 Å². The summed E-state index contributed by atoms with van der Waals surface area (Å²) in [5.41, 5.74) is 0.944. The van der Waals surface area contributed by atoms with Gasteiger partial charge in [0.1, 0.15) is 0 Å². The molecular weight excluding hydrogens is 286 g/mol. The van der Waals surface area contributed by atoms with Crippen LogP contribution in [0.1, 0.15) is 18.9 Å². The second kappa shape index (κ2) is 10.4. The van der Waals surface area contributed by atoms with E-state index in [0.29, 0.717) is 24.7 Å². The molecular formula is C16H27NO5. The number of rotatable bonds is 11. The molecule has 0 fully saturated rings. The van der Waals surface area contributed by atoms with E-state index in [4.69, 9.17) is 19.3 Å². The van der Waals surface area contributed by atoms with Crippen molar-refractivity contribution < 1.29 is 24.4 Å². The number of benzene rings is 1. The third kappa shape index (κ3) is 6.19. The highest BCUT2D eigenvalue weighted by Gasteiger charge is 2.09. The van der Waals surface area contributed by atoms with Crippen LogP contribution in [0.25, 0.3) is 0 Å². The average molecular weight is 313 g/mol. The van der Waals surface area contributed by atoms with Crippen molar-refractivity contribution in [2.24, 2.45) is 0 Å². The molecule has 6 nitrogen and oxygen atoms in total. The molecule has 0 aliphatic rings. The number of hydrogen-bond acceptors (Lipinski definition) is 6. The standard InChI is InChI=1S/C16H27NO5/c1-4-13(9-18)17-8-14(19)11-22-10-12-5-6-15(20-2)16(7-12)21-3/h5-7,13-14,17-19H,4,8-11H2,1-3H3/t13-,14+/m1/s1. The summed E-state index contributed by atoms with van der Waals surface area (Å²) in [4.78, 5) is 0. The van der Waals surface area contributed by atoms with Gasteiger partial charge in [-0.15, -0.1) is 0 Å². The quantitative estimate of drug-likeness (QED) is 0.564. The van der Waals surface area contributed by atoms with Crippen LogP contribution in [0.2, 0.25) is 0 Å². The third-order valence-electron chi connectivity index (χ3n) is 3.38. The van der Waals surface area contributed by atoms with Gasteiger partial charge in [-0.2, -0.15) is 0 Å². The SMILES string of the molecule is CC[C@H](CO)NC[C@H](O)COCc1ccc(OC)c(OC)c1. The smallest absolute Gasteiger partial charge is 0.161 e. The van der Waals surface area contributed by atoms with Crippen molar-refractivity contribution in [1.29, 1.82) is 0 Å². The van der Waals surface area contributed by atoms with Crippen LogP contribution in [-0.4, -0.2) is 56.3 Å². The molecule has 0 aliphatic heterocycles. The Morgan fingerprint density at radius 2 is 1.91 bits per heavy atom. The Kier molecular flexibility index (Phi) is 8.84. The highest BCUT2D eigenvalue weighted by molar-refractivity contribution is 5.42. The zero-order valence-corrected chi connectivity index (χ0v) is 13.5. The fraction of sp³-hybridized carbons (Fsp3) is 0.625. The van der Waals surface area contributed by atoms with Crippen molar-refractivity contribution >= 4 is 0 Å². The molecule has 0 saturated carbocycles. The lowest BCUT2D eigenvalue weighted by Gasteiger charge is -2.17. The van der Waals surface area contributed by atoms with E-state index in [9.17, 15) is 5.11 Å². The molecule has 126 valence electrons. The van der Waals surface area contributed by atoms with Gasteiger partial charge in [-0.25, -0.2) is 0 Å². The van der Waals surface area contributed by atoms with Crippen LogP contribution in [0.15, 0.2) is 18.2 Å². The van der Waals surface area contributed by atoms with Crippen molar-refractivity contribution in [2.75, 3.05) is 34.0 Å². The van der Waals surface area contributed by atoms with E-state index in [2.05, 4.69) is 5.32 Å². The second-order valence-electron chi connectivity index (χ2n) is 5.05. The van der Waals surface area contributed by atoms with Crippen molar-refractivity contribution in [3.8, 4) is 11.5 Å². The van der Waals surface area contributed by atoms with Crippen LogP contribution in [0.3, 0.4) is 0 Å². The molecule has 0 saturated heterocycles. The van der Waals surface area contributed by atoms with Gasteiger partial charge >= 0.3 is 0 Å². The first-order valence-corrected chi connectivity index (χ1v) is 7.45. The molecule has 6 heteroatoms. The first-order chi connectivity index (χ1) is 10.6. The molecule has 0 bridgehead atoms. The number of aliphatic hydroxyl groups is 2. The molecule has 1 aromatic rings. The Morgan fingerprint density at radius 3 is 2.50 bits per heavy atom. The fourth-order valence-electron chi connectivity index (χ4n) is 1.98. The van der Waals surface area contributed by atoms with E-state index in [1.54, 1.807) is 14.2 Å². The van der Waals surface area contributed by atoms with E-state index in [-0.39, 0.29) is 19.3 Å². The number of methoxy groups -OCH3 is 2. The summed E-state index contributed by atoms with van der Waals surface area (Å²) in [5, 5.41) is 22.0. The molecule has 2 atom stereocenters. The summed E-state index contributed by atoms with van der Waals surface area (Å²) in [7, 11) is 3.18. The van der Waals surface area contributed by atoms with E-state index in [1.807, 2.05) is 25.1 Å². The first kappa shape index (κ1) is 18.7. The van der Waals surface area contributed by atoms with E-state index < -0.39 is 6.10 Å². The van der Waals surface area contributed by atoms with Crippen LogP contribution in [-0.2, 0) is 11.3 Å². The van der Waals surface area contributed by atoms with Gasteiger partial charge < -0.3 is 29.7 Å². The number of hydrogen-bond donors (Lipinski definition) is 3. The lowest BCUT2D eigenvalue weighted by molar-refractivity contribution is 0.0264. The van der Waals surface area contributed by atoms with Crippen molar-refractivity contribution in [3.05, 3.63) is 23.8 Å². The predicted octanol–water partition coefficient (Wildman–Crippen LogP) is 0.942. The Balaban J connectivity index is 2.34. The highest BCUT2D eigenvalue weighted by atomic mass is 16.5. The Morgan fingerprint density at radius 1 is 1.18 bits per heavy atom. The van der Waals surface area contributed by atoms with Crippen molar-refractivity contribution in [1.82, 2.24) is 5.32 Å². The van der Waals surface area contributed by atoms with E-state index >= 15 is 0 Å². The maximum Gasteiger partial charge on any atom is 0.161 e. The summed E-state index contributed by atoms with van der Waals surface area (Å²) >= 11 is 0. The van der Waals surface area contributed by atoms with Crippen LogP contribution in [0.5, 0.6) is 11.5 Å². The summed E-state index contributed by atoms with van der Waals surface area (Å²) in [6.07, 6.45) is 0.205. The van der Waals surface area contributed by atoms with Crippen LogP contribution >= 0.6 is 0 Å². The maximum atomic E-state index is 9.84. The molecule has 0 spiro atoms. The minimum Gasteiger partial charge on any atom is -0.493 e. The summed E-state index contributed by atoms with van der Waals surface area (Å²) in [6.45, 7) is 3.05. The largest absolute Gasteiger partial charge is 0.493 e. The van der Waals surface area contributed by atoms with Gasteiger partial charge in [0, 0.05) is 12.6 Å². The molecule has 0 aliphatic carbocycles. The molecule has 0 radical (unpaired) electrons. The Hall–Kier alpha value is -1.34. The molecule has 0 unspecified atom stereocenters. The summed E-state index contributed by atoms with van der Waals surface area (Å²) in [6, 6.07) is 5.58. The molecule has 0 heterocycles. The fourth-order valence-corrected chi connectivity index (χ4v) is 1.98. The topological polar surface area (TPSA) is 80.2 Å². The van der Waals surface area contributed by atoms with E-state index in [1.165, 1.54) is 0 Å². The van der Waals surface area contributed by atoms with Crippen LogP contribution in [0.4, 0.5) is 0 Å². The molecule has 1 rings (SSSR count). The van der Waals surface area contributed by atoms with Crippen LogP contribution in [0, 0.1) is 0 Å². The lowest BCUT2D eigenvalue weighted by atomic mass is 10.2. The molecule has 3 N–H and O–H groups in total. The number of nitrogens with one attached hydrogen (secondary N) is 1. The van der Waals surface area contributed by atoms with Gasteiger partial charge in [-0.1, -0.05) is 13.0 Å². The zero-order chi connectivity index (χ0) is 16.4. The molecule has 0 aromatic heterocycles. The summed E-state index contributed by atoms with van der Waals surface area (Å²) in [5.74, 6) is 1.32. The van der Waals surface area contributed by atoms with E-state index in [0.717, 1.165) is 12.0 Å². The molecule has 1 aromatic carbocycles. The lowest BCUT2D eigenvalue weighted by Crippen LogP contribution is -2.39. The average Bonchev–Trinajstić information content (AvgIpc) is 2.55. The van der Waals surface area contributed by atoms with Gasteiger partial charge in [0.25, 0.3) is 0 Å². The minimum atomic E-state index is -0.610. The van der Waals surface area contributed by atoms with Gasteiger partial charge in [0.05, 0.1) is 40.1 Å². The number of aliphatic hydroxyl groups excluding tert-OH is 2. The van der Waals surface area contributed by atoms with Gasteiger partial charge in [0.15, 0.2) is 11.5 Å². The van der Waals surface area contributed by atoms with Crippen LogP contribution < -0.4 is 14.8 Å². The van der Waals surface area contributed by atoms with Gasteiger partial charge in [-0.3, -0.25) is 0 Å². The number of ether oxygens (including phenoxy) is 3. The minimum absolute atomic E-state index is 0.0144. The Bertz CT molecular complexity index is 423. The molecule has 22 heavy (non-hydrogen) atoms. The monoisotopic (exact) mass is 313 g/mol. The predicted molar refractivity (Wildman–Crippen MR) is 84.4 cm³/mol.